The van der Waals surface area contributed by atoms with Crippen LogP contribution in [0, 0.1) is 17.1 Å². The molecule has 0 aliphatic heterocycles. The van der Waals surface area contributed by atoms with Gasteiger partial charge in [0.15, 0.2) is 0 Å². The van der Waals surface area contributed by atoms with Crippen LogP contribution in [-0.2, 0) is 6.42 Å². The van der Waals surface area contributed by atoms with E-state index in [1.165, 1.54) is 12.1 Å². The van der Waals surface area contributed by atoms with Crippen molar-refractivity contribution in [2.75, 3.05) is 13.1 Å². The summed E-state index contributed by atoms with van der Waals surface area (Å²) in [5, 5.41) is 11.4. The van der Waals surface area contributed by atoms with E-state index in [4.69, 9.17) is 5.26 Å². The van der Waals surface area contributed by atoms with Gasteiger partial charge in [0.05, 0.1) is 6.07 Å². The Morgan fingerprint density at radius 3 is 2.57 bits per heavy atom. The lowest BCUT2D eigenvalue weighted by Gasteiger charge is -2.02. The molecule has 0 unspecified atom stereocenters. The van der Waals surface area contributed by atoms with Crippen molar-refractivity contribution in [3.05, 3.63) is 35.6 Å². The summed E-state index contributed by atoms with van der Waals surface area (Å²) in [6.45, 7) is 1.55. The Balaban J connectivity index is 2.19. The van der Waals surface area contributed by atoms with Gasteiger partial charge in [-0.25, -0.2) is 4.39 Å². The first-order valence-corrected chi connectivity index (χ1v) is 4.65. The SMILES string of the molecule is N#CCCNCCc1ccc(F)cc1. The average molecular weight is 192 g/mol. The van der Waals surface area contributed by atoms with Crippen LogP contribution >= 0.6 is 0 Å². The molecule has 0 aliphatic carbocycles. The third kappa shape index (κ3) is 4.01. The first kappa shape index (κ1) is 10.7. The molecule has 1 N–H and O–H groups in total. The van der Waals surface area contributed by atoms with Gasteiger partial charge in [-0.3, -0.25) is 0 Å². The minimum Gasteiger partial charge on any atom is -0.315 e. The molecular weight excluding hydrogens is 179 g/mol. The van der Waals surface area contributed by atoms with Crippen molar-refractivity contribution in [1.82, 2.24) is 5.32 Å². The van der Waals surface area contributed by atoms with E-state index in [-0.39, 0.29) is 5.82 Å². The highest BCUT2D eigenvalue weighted by Crippen LogP contribution is 2.02. The first-order valence-electron chi connectivity index (χ1n) is 4.65. The second-order valence-electron chi connectivity index (χ2n) is 3.03. The van der Waals surface area contributed by atoms with Gasteiger partial charge in [-0.15, -0.1) is 0 Å². The summed E-state index contributed by atoms with van der Waals surface area (Å²) in [5.41, 5.74) is 1.11. The van der Waals surface area contributed by atoms with Gasteiger partial charge in [-0.05, 0) is 30.7 Å². The monoisotopic (exact) mass is 192 g/mol. The summed E-state index contributed by atoms with van der Waals surface area (Å²) < 4.78 is 12.5. The standard InChI is InChI=1S/C11H13FN2/c12-11-4-2-10(3-5-11)6-9-14-8-1-7-13/h2-5,14H,1,6,8-9H2. The zero-order chi connectivity index (χ0) is 10.2. The smallest absolute Gasteiger partial charge is 0.123 e. The molecule has 0 saturated carbocycles. The lowest BCUT2D eigenvalue weighted by Crippen LogP contribution is -2.18. The molecule has 0 spiro atoms. The lowest BCUT2D eigenvalue weighted by atomic mass is 10.1. The van der Waals surface area contributed by atoms with Crippen LogP contribution in [0.15, 0.2) is 24.3 Å². The zero-order valence-corrected chi connectivity index (χ0v) is 7.96. The predicted molar refractivity (Wildman–Crippen MR) is 53.2 cm³/mol. The van der Waals surface area contributed by atoms with E-state index in [1.807, 2.05) is 0 Å². The van der Waals surface area contributed by atoms with Gasteiger partial charge in [0.1, 0.15) is 5.82 Å². The fraction of sp³-hybridized carbons (Fsp3) is 0.364. The van der Waals surface area contributed by atoms with Crippen molar-refractivity contribution in [3.8, 4) is 6.07 Å². The van der Waals surface area contributed by atoms with Gasteiger partial charge in [0.25, 0.3) is 0 Å². The normalized spacial score (nSPS) is 9.71. The lowest BCUT2D eigenvalue weighted by molar-refractivity contribution is 0.626. The Hall–Kier alpha value is -1.40. The number of halogens is 1. The molecule has 0 amide bonds. The fourth-order valence-corrected chi connectivity index (χ4v) is 1.15. The van der Waals surface area contributed by atoms with Crippen LogP contribution < -0.4 is 5.32 Å². The molecule has 0 fully saturated rings. The minimum atomic E-state index is -0.203. The maximum absolute atomic E-state index is 12.5. The van der Waals surface area contributed by atoms with Crippen LogP contribution in [0.3, 0.4) is 0 Å². The summed E-state index contributed by atoms with van der Waals surface area (Å²) >= 11 is 0. The van der Waals surface area contributed by atoms with Crippen LogP contribution in [0.1, 0.15) is 12.0 Å². The number of hydrogen-bond acceptors (Lipinski definition) is 2. The summed E-state index contributed by atoms with van der Waals surface area (Å²) in [4.78, 5) is 0. The molecule has 0 radical (unpaired) electrons. The Morgan fingerprint density at radius 2 is 1.93 bits per heavy atom. The van der Waals surface area contributed by atoms with E-state index >= 15 is 0 Å². The van der Waals surface area contributed by atoms with Crippen molar-refractivity contribution in [2.24, 2.45) is 0 Å². The summed E-state index contributed by atoms with van der Waals surface area (Å²) in [7, 11) is 0. The van der Waals surface area contributed by atoms with E-state index < -0.39 is 0 Å². The number of nitrogens with one attached hydrogen (secondary N) is 1. The molecular formula is C11H13FN2. The van der Waals surface area contributed by atoms with Gasteiger partial charge in [-0.2, -0.15) is 5.26 Å². The highest BCUT2D eigenvalue weighted by Gasteiger charge is 1.93. The molecule has 0 saturated heterocycles. The predicted octanol–water partition coefficient (Wildman–Crippen LogP) is 1.87. The molecule has 1 aromatic carbocycles. The van der Waals surface area contributed by atoms with E-state index in [0.717, 1.165) is 25.1 Å². The number of nitrogens with zero attached hydrogens (tertiary/aromatic N) is 1. The van der Waals surface area contributed by atoms with Gasteiger partial charge >= 0.3 is 0 Å². The van der Waals surface area contributed by atoms with Crippen molar-refractivity contribution >= 4 is 0 Å². The van der Waals surface area contributed by atoms with Crippen molar-refractivity contribution in [2.45, 2.75) is 12.8 Å². The molecule has 3 heteroatoms. The van der Waals surface area contributed by atoms with E-state index in [2.05, 4.69) is 11.4 Å². The van der Waals surface area contributed by atoms with Crippen LogP contribution in [0.2, 0.25) is 0 Å². The molecule has 14 heavy (non-hydrogen) atoms. The third-order valence-corrected chi connectivity index (χ3v) is 1.92. The topological polar surface area (TPSA) is 35.8 Å². The molecule has 1 aromatic rings. The highest BCUT2D eigenvalue weighted by molar-refractivity contribution is 5.16. The van der Waals surface area contributed by atoms with E-state index in [9.17, 15) is 4.39 Å². The van der Waals surface area contributed by atoms with Crippen molar-refractivity contribution in [3.63, 3.8) is 0 Å². The Kier molecular flexibility index (Phi) is 4.66. The van der Waals surface area contributed by atoms with Crippen LogP contribution in [0.4, 0.5) is 4.39 Å². The molecule has 74 valence electrons. The quantitative estimate of drug-likeness (QED) is 0.723. The van der Waals surface area contributed by atoms with Gasteiger partial charge in [0.2, 0.25) is 0 Å². The Bertz CT molecular complexity index is 300. The summed E-state index contributed by atoms with van der Waals surface area (Å²) in [6.07, 6.45) is 1.40. The average Bonchev–Trinajstić information content (AvgIpc) is 2.21. The molecule has 0 bridgehead atoms. The van der Waals surface area contributed by atoms with Crippen LogP contribution in [-0.4, -0.2) is 13.1 Å². The fourth-order valence-electron chi connectivity index (χ4n) is 1.15. The second-order valence-corrected chi connectivity index (χ2v) is 3.03. The third-order valence-electron chi connectivity index (χ3n) is 1.92. The number of rotatable bonds is 5. The van der Waals surface area contributed by atoms with Gasteiger partial charge in [0, 0.05) is 13.0 Å². The summed E-state index contributed by atoms with van der Waals surface area (Å²) in [5.74, 6) is -0.203. The van der Waals surface area contributed by atoms with E-state index in [1.54, 1.807) is 12.1 Å². The van der Waals surface area contributed by atoms with Crippen LogP contribution in [0.25, 0.3) is 0 Å². The number of benzene rings is 1. The Labute approximate surface area is 83.4 Å². The number of nitriles is 1. The number of hydrogen-bond donors (Lipinski definition) is 1. The molecule has 2 nitrogen and oxygen atoms in total. The van der Waals surface area contributed by atoms with Crippen molar-refractivity contribution < 1.29 is 4.39 Å². The zero-order valence-electron chi connectivity index (χ0n) is 7.96. The first-order chi connectivity index (χ1) is 6.83. The van der Waals surface area contributed by atoms with Gasteiger partial charge < -0.3 is 5.32 Å². The van der Waals surface area contributed by atoms with Crippen molar-refractivity contribution in [1.29, 1.82) is 5.26 Å². The summed E-state index contributed by atoms with van der Waals surface area (Å²) in [6, 6.07) is 8.55. The van der Waals surface area contributed by atoms with Crippen LogP contribution in [0.5, 0.6) is 0 Å². The molecule has 1 rings (SSSR count). The van der Waals surface area contributed by atoms with E-state index in [0.29, 0.717) is 6.42 Å². The van der Waals surface area contributed by atoms with Gasteiger partial charge in [-0.1, -0.05) is 12.1 Å². The maximum atomic E-state index is 12.5. The maximum Gasteiger partial charge on any atom is 0.123 e. The molecule has 0 aromatic heterocycles. The highest BCUT2D eigenvalue weighted by atomic mass is 19.1. The molecule has 0 atom stereocenters. The largest absolute Gasteiger partial charge is 0.315 e. The minimum absolute atomic E-state index is 0.203. The Morgan fingerprint density at radius 1 is 1.21 bits per heavy atom. The molecule has 0 heterocycles. The second kappa shape index (κ2) is 6.11. The molecule has 0 aliphatic rings.